The van der Waals surface area contributed by atoms with Gasteiger partial charge < -0.3 is 14.8 Å². The Morgan fingerprint density at radius 3 is 2.63 bits per heavy atom. The standard InChI is InChI=1S/C18H18FN5O2S/c1-25-15-8-7-13(9-16(15)26-2)21-18(27)22-17-20-11-24(23-17)10-12-5-3-4-6-14(12)19/h3-9,11H,10H2,1-2H3,(H2,21,22,23,27). The minimum atomic E-state index is -0.284. The number of ether oxygens (including phenoxy) is 2. The summed E-state index contributed by atoms with van der Waals surface area (Å²) in [4.78, 5) is 4.13. The van der Waals surface area contributed by atoms with E-state index in [4.69, 9.17) is 21.7 Å². The average Bonchev–Trinajstić information content (AvgIpc) is 3.10. The highest BCUT2D eigenvalue weighted by Gasteiger charge is 2.08. The molecule has 0 saturated carbocycles. The molecule has 27 heavy (non-hydrogen) atoms. The van der Waals surface area contributed by atoms with E-state index in [0.29, 0.717) is 28.1 Å². The van der Waals surface area contributed by atoms with E-state index in [9.17, 15) is 4.39 Å². The fourth-order valence-electron chi connectivity index (χ4n) is 2.41. The van der Waals surface area contributed by atoms with Crippen LogP contribution in [0.15, 0.2) is 48.8 Å². The Kier molecular flexibility index (Phi) is 5.82. The molecule has 1 heterocycles. The second-order valence-corrected chi connectivity index (χ2v) is 5.91. The molecular weight excluding hydrogens is 369 g/mol. The van der Waals surface area contributed by atoms with E-state index in [0.717, 1.165) is 5.69 Å². The van der Waals surface area contributed by atoms with Gasteiger partial charge in [-0.15, -0.1) is 5.10 Å². The molecule has 0 radical (unpaired) electrons. The minimum Gasteiger partial charge on any atom is -0.493 e. The number of hydrogen-bond acceptors (Lipinski definition) is 5. The molecule has 0 atom stereocenters. The molecule has 1 aromatic heterocycles. The van der Waals surface area contributed by atoms with Gasteiger partial charge in [0, 0.05) is 17.3 Å². The van der Waals surface area contributed by atoms with Crippen LogP contribution in [0.3, 0.4) is 0 Å². The number of rotatable bonds is 6. The molecule has 0 saturated heterocycles. The van der Waals surface area contributed by atoms with Gasteiger partial charge in [-0.1, -0.05) is 18.2 Å². The van der Waals surface area contributed by atoms with Gasteiger partial charge in [0.25, 0.3) is 0 Å². The van der Waals surface area contributed by atoms with Crippen LogP contribution in [0.2, 0.25) is 0 Å². The van der Waals surface area contributed by atoms with Crippen molar-refractivity contribution in [1.29, 1.82) is 0 Å². The van der Waals surface area contributed by atoms with E-state index < -0.39 is 0 Å². The number of anilines is 2. The Labute approximate surface area is 161 Å². The normalized spacial score (nSPS) is 10.3. The van der Waals surface area contributed by atoms with Crippen molar-refractivity contribution < 1.29 is 13.9 Å². The van der Waals surface area contributed by atoms with Gasteiger partial charge >= 0.3 is 0 Å². The molecule has 3 aromatic rings. The van der Waals surface area contributed by atoms with Crippen LogP contribution in [-0.4, -0.2) is 34.1 Å². The molecular formula is C18H18FN5O2S. The van der Waals surface area contributed by atoms with E-state index in [2.05, 4.69) is 20.7 Å². The van der Waals surface area contributed by atoms with Crippen LogP contribution in [0.25, 0.3) is 0 Å². The fraction of sp³-hybridized carbons (Fsp3) is 0.167. The molecule has 0 unspecified atom stereocenters. The van der Waals surface area contributed by atoms with Crippen molar-refractivity contribution in [3.05, 3.63) is 60.2 Å². The Bertz CT molecular complexity index is 947. The lowest BCUT2D eigenvalue weighted by Gasteiger charge is -2.11. The Balaban J connectivity index is 1.62. The highest BCUT2D eigenvalue weighted by molar-refractivity contribution is 7.80. The summed E-state index contributed by atoms with van der Waals surface area (Å²) in [7, 11) is 3.13. The van der Waals surface area contributed by atoms with Crippen molar-refractivity contribution in [2.75, 3.05) is 24.9 Å². The van der Waals surface area contributed by atoms with Crippen LogP contribution in [-0.2, 0) is 6.54 Å². The van der Waals surface area contributed by atoms with Crippen LogP contribution in [0, 0.1) is 5.82 Å². The van der Waals surface area contributed by atoms with Gasteiger partial charge in [0.05, 0.1) is 20.8 Å². The summed E-state index contributed by atoms with van der Waals surface area (Å²) in [6.07, 6.45) is 1.51. The summed E-state index contributed by atoms with van der Waals surface area (Å²) in [6.45, 7) is 0.275. The fourth-order valence-corrected chi connectivity index (χ4v) is 2.62. The number of methoxy groups -OCH3 is 2. The molecule has 0 bridgehead atoms. The third-order valence-corrected chi connectivity index (χ3v) is 3.90. The number of thiocarbonyl (C=S) groups is 1. The van der Waals surface area contributed by atoms with Crippen molar-refractivity contribution in [3.63, 3.8) is 0 Å². The molecule has 9 heteroatoms. The molecule has 0 fully saturated rings. The maximum Gasteiger partial charge on any atom is 0.248 e. The van der Waals surface area contributed by atoms with Crippen molar-refractivity contribution >= 4 is 29.0 Å². The maximum absolute atomic E-state index is 13.7. The van der Waals surface area contributed by atoms with Gasteiger partial charge in [-0.05, 0) is 30.4 Å². The second-order valence-electron chi connectivity index (χ2n) is 5.51. The summed E-state index contributed by atoms with van der Waals surface area (Å²) in [6, 6.07) is 11.9. The Morgan fingerprint density at radius 1 is 1.11 bits per heavy atom. The van der Waals surface area contributed by atoms with Crippen molar-refractivity contribution in [3.8, 4) is 11.5 Å². The largest absolute Gasteiger partial charge is 0.493 e. The lowest BCUT2D eigenvalue weighted by molar-refractivity contribution is 0.355. The first-order chi connectivity index (χ1) is 13.1. The SMILES string of the molecule is COc1ccc(NC(=S)Nc2ncn(Cc3ccccc3F)n2)cc1OC. The van der Waals surface area contributed by atoms with E-state index in [-0.39, 0.29) is 12.4 Å². The highest BCUT2D eigenvalue weighted by Crippen LogP contribution is 2.29. The van der Waals surface area contributed by atoms with Crippen LogP contribution >= 0.6 is 12.2 Å². The van der Waals surface area contributed by atoms with Gasteiger partial charge in [0.1, 0.15) is 12.1 Å². The van der Waals surface area contributed by atoms with Crippen LogP contribution in [0.1, 0.15) is 5.56 Å². The third kappa shape index (κ3) is 4.70. The maximum atomic E-state index is 13.7. The summed E-state index contributed by atoms with van der Waals surface area (Å²) in [5.74, 6) is 1.23. The van der Waals surface area contributed by atoms with E-state index in [1.807, 2.05) is 0 Å². The minimum absolute atomic E-state index is 0.275. The van der Waals surface area contributed by atoms with Gasteiger partial charge in [-0.25, -0.2) is 14.1 Å². The van der Waals surface area contributed by atoms with Gasteiger partial charge in [-0.3, -0.25) is 5.32 Å². The predicted molar refractivity (Wildman–Crippen MR) is 105 cm³/mol. The van der Waals surface area contributed by atoms with E-state index in [1.165, 1.54) is 17.1 Å². The quantitative estimate of drug-likeness (QED) is 0.629. The molecule has 0 spiro atoms. The summed E-state index contributed by atoms with van der Waals surface area (Å²) in [5.41, 5.74) is 1.25. The summed E-state index contributed by atoms with van der Waals surface area (Å²) < 4.78 is 25.7. The summed E-state index contributed by atoms with van der Waals surface area (Å²) >= 11 is 5.27. The lowest BCUT2D eigenvalue weighted by Crippen LogP contribution is -2.20. The molecule has 140 valence electrons. The van der Waals surface area contributed by atoms with Crippen LogP contribution in [0.4, 0.5) is 16.0 Å². The lowest BCUT2D eigenvalue weighted by atomic mass is 10.2. The zero-order valence-corrected chi connectivity index (χ0v) is 15.6. The topological polar surface area (TPSA) is 73.2 Å². The number of aromatic nitrogens is 3. The number of benzene rings is 2. The third-order valence-electron chi connectivity index (χ3n) is 3.69. The highest BCUT2D eigenvalue weighted by atomic mass is 32.1. The van der Waals surface area contributed by atoms with Gasteiger partial charge in [0.2, 0.25) is 5.95 Å². The monoisotopic (exact) mass is 387 g/mol. The summed E-state index contributed by atoms with van der Waals surface area (Å²) in [5, 5.41) is 10.5. The zero-order valence-electron chi connectivity index (χ0n) is 14.8. The molecule has 0 aliphatic heterocycles. The molecule has 2 aromatic carbocycles. The Morgan fingerprint density at radius 2 is 1.89 bits per heavy atom. The first-order valence-corrected chi connectivity index (χ1v) is 8.42. The van der Waals surface area contributed by atoms with Crippen molar-refractivity contribution in [2.24, 2.45) is 0 Å². The second kappa shape index (κ2) is 8.45. The van der Waals surface area contributed by atoms with Crippen LogP contribution in [0.5, 0.6) is 11.5 Å². The first kappa shape index (κ1) is 18.6. The number of halogens is 1. The molecule has 3 rings (SSSR count). The predicted octanol–water partition coefficient (Wildman–Crippen LogP) is 3.29. The number of nitrogens with zero attached hydrogens (tertiary/aromatic N) is 3. The van der Waals surface area contributed by atoms with E-state index >= 15 is 0 Å². The first-order valence-electron chi connectivity index (χ1n) is 8.02. The van der Waals surface area contributed by atoms with E-state index in [1.54, 1.807) is 50.6 Å². The molecule has 0 aliphatic rings. The molecule has 2 N–H and O–H groups in total. The van der Waals surface area contributed by atoms with Gasteiger partial charge in [-0.2, -0.15) is 0 Å². The van der Waals surface area contributed by atoms with Gasteiger partial charge in [0.15, 0.2) is 16.6 Å². The average molecular weight is 387 g/mol. The number of nitrogens with one attached hydrogen (secondary N) is 2. The zero-order chi connectivity index (χ0) is 19.2. The Hall–Kier alpha value is -3.20. The molecule has 7 nitrogen and oxygen atoms in total. The number of hydrogen-bond donors (Lipinski definition) is 2. The van der Waals surface area contributed by atoms with Crippen LogP contribution < -0.4 is 20.1 Å². The molecule has 0 aliphatic carbocycles. The molecule has 0 amide bonds. The van der Waals surface area contributed by atoms with Crippen molar-refractivity contribution in [2.45, 2.75) is 6.54 Å². The van der Waals surface area contributed by atoms with Crippen molar-refractivity contribution in [1.82, 2.24) is 14.8 Å². The smallest absolute Gasteiger partial charge is 0.248 e.